The van der Waals surface area contributed by atoms with Gasteiger partial charge in [0.15, 0.2) is 0 Å². The molecule has 1 rings (SSSR count). The fourth-order valence-electron chi connectivity index (χ4n) is 2.85. The number of carbonyl (C=O) groups is 1. The van der Waals surface area contributed by atoms with Gasteiger partial charge in [-0.3, -0.25) is 0 Å². The number of amides is 1. The maximum absolute atomic E-state index is 12.2. The van der Waals surface area contributed by atoms with E-state index in [1.165, 1.54) is 0 Å². The minimum atomic E-state index is -0.454. The van der Waals surface area contributed by atoms with Gasteiger partial charge in [-0.05, 0) is 46.0 Å². The molecule has 0 aromatic rings. The van der Waals surface area contributed by atoms with Gasteiger partial charge in [-0.15, -0.1) is 0 Å². The Morgan fingerprint density at radius 1 is 1.43 bits per heavy atom. The molecule has 0 spiro atoms. The molecule has 0 bridgehead atoms. The predicted molar refractivity (Wildman–Crippen MR) is 84.3 cm³/mol. The van der Waals surface area contributed by atoms with Crippen molar-refractivity contribution in [2.45, 2.75) is 71.6 Å². The van der Waals surface area contributed by atoms with Gasteiger partial charge >= 0.3 is 6.09 Å². The highest BCUT2D eigenvalue weighted by atomic mass is 16.6. The number of aliphatic hydroxyl groups excluding tert-OH is 1. The van der Waals surface area contributed by atoms with E-state index in [9.17, 15) is 9.90 Å². The van der Waals surface area contributed by atoms with E-state index >= 15 is 0 Å². The van der Waals surface area contributed by atoms with E-state index in [1.54, 1.807) is 0 Å². The maximum atomic E-state index is 12.2. The van der Waals surface area contributed by atoms with Gasteiger partial charge in [-0.2, -0.15) is 0 Å². The topological polar surface area (TPSA) is 61.8 Å². The van der Waals surface area contributed by atoms with Crippen molar-refractivity contribution >= 4 is 6.09 Å². The average molecular weight is 300 g/mol. The molecule has 0 radical (unpaired) electrons. The van der Waals surface area contributed by atoms with E-state index in [4.69, 9.17) is 4.74 Å². The lowest BCUT2D eigenvalue weighted by atomic mass is 9.88. The Bertz CT molecular complexity index is 326. The molecular formula is C16H32N2O3. The Balaban J connectivity index is 2.62. The molecule has 0 saturated carbocycles. The summed E-state index contributed by atoms with van der Waals surface area (Å²) in [5.74, 6) is 0.376. The summed E-state index contributed by atoms with van der Waals surface area (Å²) < 4.78 is 5.46. The molecule has 1 aliphatic heterocycles. The van der Waals surface area contributed by atoms with Crippen LogP contribution in [0.15, 0.2) is 0 Å². The van der Waals surface area contributed by atoms with Crippen LogP contribution in [0.25, 0.3) is 0 Å². The van der Waals surface area contributed by atoms with Crippen molar-refractivity contribution in [2.24, 2.45) is 5.92 Å². The molecule has 5 heteroatoms. The van der Waals surface area contributed by atoms with Crippen LogP contribution in [0.5, 0.6) is 0 Å². The quantitative estimate of drug-likeness (QED) is 0.818. The molecule has 0 unspecified atom stereocenters. The highest BCUT2D eigenvalue weighted by Gasteiger charge is 2.31. The molecule has 1 amide bonds. The number of ether oxygens (including phenoxy) is 1. The van der Waals surface area contributed by atoms with Gasteiger partial charge in [0.1, 0.15) is 5.60 Å². The van der Waals surface area contributed by atoms with Crippen molar-refractivity contribution in [1.82, 2.24) is 10.2 Å². The Kier molecular flexibility index (Phi) is 6.94. The Hall–Kier alpha value is -0.810. The van der Waals surface area contributed by atoms with Crippen LogP contribution < -0.4 is 5.32 Å². The third-order valence-corrected chi connectivity index (χ3v) is 3.67. The number of nitrogens with zero attached hydrogens (tertiary/aromatic N) is 1. The fraction of sp³-hybridized carbons (Fsp3) is 0.938. The molecule has 1 saturated heterocycles. The lowest BCUT2D eigenvalue weighted by molar-refractivity contribution is 0.0136. The Morgan fingerprint density at radius 2 is 2.10 bits per heavy atom. The monoisotopic (exact) mass is 300 g/mol. The van der Waals surface area contributed by atoms with Crippen LogP contribution in [0.3, 0.4) is 0 Å². The van der Waals surface area contributed by atoms with E-state index in [0.29, 0.717) is 18.5 Å². The Morgan fingerprint density at radius 3 is 2.62 bits per heavy atom. The second-order valence-electron chi connectivity index (χ2n) is 7.27. The van der Waals surface area contributed by atoms with Gasteiger partial charge < -0.3 is 20.1 Å². The zero-order chi connectivity index (χ0) is 16.0. The van der Waals surface area contributed by atoms with Crippen LogP contribution >= 0.6 is 0 Å². The number of carbonyl (C=O) groups excluding carboxylic acids is 1. The van der Waals surface area contributed by atoms with Crippen LogP contribution in [-0.2, 0) is 4.74 Å². The third-order valence-electron chi connectivity index (χ3n) is 3.67. The summed E-state index contributed by atoms with van der Waals surface area (Å²) in [4.78, 5) is 14.0. The summed E-state index contributed by atoms with van der Waals surface area (Å²) in [5, 5.41) is 12.8. The summed E-state index contributed by atoms with van der Waals surface area (Å²) in [6, 6.07) is 0.624. The Labute approximate surface area is 129 Å². The summed E-state index contributed by atoms with van der Waals surface area (Å²) >= 11 is 0. The highest BCUT2D eigenvalue weighted by Crippen LogP contribution is 2.23. The van der Waals surface area contributed by atoms with Crippen LogP contribution in [-0.4, -0.2) is 53.5 Å². The van der Waals surface area contributed by atoms with Crippen LogP contribution in [0.4, 0.5) is 4.79 Å². The van der Waals surface area contributed by atoms with Gasteiger partial charge in [0.25, 0.3) is 0 Å². The second-order valence-corrected chi connectivity index (χ2v) is 7.27. The SMILES string of the molecule is CC(C)N[C@@H](CCO)[C@@H]1CCCN(C(=O)OC(C)(C)C)C1. The minimum Gasteiger partial charge on any atom is -0.444 e. The molecule has 5 nitrogen and oxygen atoms in total. The first-order valence-electron chi connectivity index (χ1n) is 8.07. The fourth-order valence-corrected chi connectivity index (χ4v) is 2.85. The average Bonchev–Trinajstić information content (AvgIpc) is 2.36. The first-order chi connectivity index (χ1) is 9.73. The third kappa shape index (κ3) is 6.66. The van der Waals surface area contributed by atoms with E-state index in [-0.39, 0.29) is 18.7 Å². The number of aliphatic hydroxyl groups is 1. The molecule has 2 atom stereocenters. The van der Waals surface area contributed by atoms with Crippen molar-refractivity contribution in [3.8, 4) is 0 Å². The van der Waals surface area contributed by atoms with Gasteiger partial charge in [0.05, 0.1) is 0 Å². The number of nitrogens with one attached hydrogen (secondary N) is 1. The molecule has 0 aromatic heterocycles. The summed E-state index contributed by atoms with van der Waals surface area (Å²) in [5.41, 5.74) is -0.454. The number of likely N-dealkylation sites (tertiary alicyclic amines) is 1. The first-order valence-corrected chi connectivity index (χ1v) is 8.07. The van der Waals surface area contributed by atoms with E-state index in [1.807, 2.05) is 25.7 Å². The lowest BCUT2D eigenvalue weighted by Crippen LogP contribution is -2.50. The summed E-state index contributed by atoms with van der Waals surface area (Å²) in [6.07, 6.45) is 2.58. The molecule has 124 valence electrons. The molecule has 0 aromatic carbocycles. The highest BCUT2D eigenvalue weighted by molar-refractivity contribution is 5.68. The van der Waals surface area contributed by atoms with Crippen molar-refractivity contribution < 1.29 is 14.6 Å². The van der Waals surface area contributed by atoms with Crippen molar-refractivity contribution in [2.75, 3.05) is 19.7 Å². The summed E-state index contributed by atoms with van der Waals surface area (Å²) in [6.45, 7) is 11.5. The number of piperidine rings is 1. The van der Waals surface area contributed by atoms with Crippen LogP contribution in [0.2, 0.25) is 0 Å². The van der Waals surface area contributed by atoms with Gasteiger partial charge in [0, 0.05) is 31.8 Å². The van der Waals surface area contributed by atoms with Crippen LogP contribution in [0.1, 0.15) is 53.9 Å². The van der Waals surface area contributed by atoms with Crippen LogP contribution in [0, 0.1) is 5.92 Å². The predicted octanol–water partition coefficient (Wildman–Crippen LogP) is 2.38. The van der Waals surface area contributed by atoms with Crippen molar-refractivity contribution in [1.29, 1.82) is 0 Å². The second kappa shape index (κ2) is 7.99. The zero-order valence-electron chi connectivity index (χ0n) is 14.2. The normalized spacial score (nSPS) is 21.5. The van der Waals surface area contributed by atoms with Gasteiger partial charge in [-0.1, -0.05) is 13.8 Å². The first kappa shape index (κ1) is 18.2. The molecule has 1 fully saturated rings. The number of hydrogen-bond donors (Lipinski definition) is 2. The molecular weight excluding hydrogens is 268 g/mol. The van der Waals surface area contributed by atoms with E-state index in [0.717, 1.165) is 25.8 Å². The molecule has 21 heavy (non-hydrogen) atoms. The molecule has 0 aliphatic carbocycles. The molecule has 1 heterocycles. The largest absolute Gasteiger partial charge is 0.444 e. The number of hydrogen-bond acceptors (Lipinski definition) is 4. The lowest BCUT2D eigenvalue weighted by Gasteiger charge is -2.38. The standard InChI is InChI=1S/C16H32N2O3/c1-12(2)17-14(8-10-19)13-7-6-9-18(11-13)15(20)21-16(3,4)5/h12-14,17,19H,6-11H2,1-5H3/t13-,14+/m1/s1. The molecule has 1 aliphatic rings. The van der Waals surface area contributed by atoms with Gasteiger partial charge in [0.2, 0.25) is 0 Å². The summed E-state index contributed by atoms with van der Waals surface area (Å²) in [7, 11) is 0. The smallest absolute Gasteiger partial charge is 0.410 e. The maximum Gasteiger partial charge on any atom is 0.410 e. The minimum absolute atomic E-state index is 0.174. The zero-order valence-corrected chi connectivity index (χ0v) is 14.2. The molecule has 2 N–H and O–H groups in total. The van der Waals surface area contributed by atoms with Gasteiger partial charge in [-0.25, -0.2) is 4.79 Å². The number of rotatable bonds is 5. The van der Waals surface area contributed by atoms with E-state index < -0.39 is 5.60 Å². The van der Waals surface area contributed by atoms with Crippen molar-refractivity contribution in [3.63, 3.8) is 0 Å². The van der Waals surface area contributed by atoms with Crippen molar-refractivity contribution in [3.05, 3.63) is 0 Å². The van der Waals surface area contributed by atoms with E-state index in [2.05, 4.69) is 19.2 Å².